The largest absolute Gasteiger partial charge is 0.481 e. The van der Waals surface area contributed by atoms with Gasteiger partial charge in [0.15, 0.2) is 6.10 Å². The van der Waals surface area contributed by atoms with Gasteiger partial charge in [0.1, 0.15) is 5.75 Å². The van der Waals surface area contributed by atoms with Crippen LogP contribution in [0.15, 0.2) is 24.3 Å². The van der Waals surface area contributed by atoms with Crippen LogP contribution in [0.25, 0.3) is 0 Å². The third kappa shape index (κ3) is 3.51. The van der Waals surface area contributed by atoms with Crippen molar-refractivity contribution in [2.24, 2.45) is 0 Å². The number of hydrogen-bond donors (Lipinski definition) is 0. The van der Waals surface area contributed by atoms with Crippen LogP contribution in [-0.4, -0.2) is 54.5 Å². The van der Waals surface area contributed by atoms with E-state index in [4.69, 9.17) is 4.74 Å². The van der Waals surface area contributed by atoms with Gasteiger partial charge in [0, 0.05) is 26.2 Å². The van der Waals surface area contributed by atoms with Gasteiger partial charge >= 0.3 is 0 Å². The Balaban J connectivity index is 1.91. The average molecular weight is 276 g/mol. The van der Waals surface area contributed by atoms with E-state index in [0.717, 1.165) is 44.0 Å². The molecule has 0 aliphatic carbocycles. The maximum absolute atomic E-state index is 12.4. The Morgan fingerprint density at radius 2 is 1.90 bits per heavy atom. The molecular formula is C16H24N2O2. The number of aryl methyl sites for hydroxylation is 1. The molecule has 1 heterocycles. The van der Waals surface area contributed by atoms with Gasteiger partial charge in [-0.05, 0) is 32.0 Å². The topological polar surface area (TPSA) is 32.8 Å². The second kappa shape index (κ2) is 6.75. The molecule has 2 rings (SSSR count). The monoisotopic (exact) mass is 276 g/mol. The van der Waals surface area contributed by atoms with E-state index in [1.54, 1.807) is 0 Å². The summed E-state index contributed by atoms with van der Waals surface area (Å²) < 4.78 is 5.81. The number of carbonyl (C=O) groups is 1. The highest BCUT2D eigenvalue weighted by atomic mass is 16.5. The predicted octanol–water partition coefficient (Wildman–Crippen LogP) is 1.93. The summed E-state index contributed by atoms with van der Waals surface area (Å²) in [6.07, 6.45) is -0.427. The summed E-state index contributed by atoms with van der Waals surface area (Å²) in [6, 6.07) is 7.80. The Morgan fingerprint density at radius 3 is 2.50 bits per heavy atom. The first-order chi connectivity index (χ1) is 9.61. The molecule has 20 heavy (non-hydrogen) atoms. The van der Waals surface area contributed by atoms with Crippen molar-refractivity contribution in [1.29, 1.82) is 0 Å². The van der Waals surface area contributed by atoms with Crippen LogP contribution in [0.1, 0.15) is 19.4 Å². The van der Waals surface area contributed by atoms with Gasteiger partial charge in [-0.3, -0.25) is 4.79 Å². The highest BCUT2D eigenvalue weighted by molar-refractivity contribution is 5.81. The second-order valence-corrected chi connectivity index (χ2v) is 5.29. The minimum atomic E-state index is -0.427. The highest BCUT2D eigenvalue weighted by Crippen LogP contribution is 2.18. The smallest absolute Gasteiger partial charge is 0.263 e. The van der Waals surface area contributed by atoms with E-state index < -0.39 is 6.10 Å². The van der Waals surface area contributed by atoms with Crippen molar-refractivity contribution in [1.82, 2.24) is 9.80 Å². The Morgan fingerprint density at radius 1 is 1.25 bits per heavy atom. The van der Waals surface area contributed by atoms with E-state index in [2.05, 4.69) is 11.8 Å². The minimum Gasteiger partial charge on any atom is -0.481 e. The molecule has 0 saturated carbocycles. The minimum absolute atomic E-state index is 0.0870. The lowest BCUT2D eigenvalue weighted by atomic mass is 10.2. The molecule has 0 spiro atoms. The summed E-state index contributed by atoms with van der Waals surface area (Å²) in [5.74, 6) is 0.879. The van der Waals surface area contributed by atoms with Gasteiger partial charge in [-0.2, -0.15) is 0 Å². The van der Waals surface area contributed by atoms with Crippen molar-refractivity contribution in [3.63, 3.8) is 0 Å². The van der Waals surface area contributed by atoms with Crippen LogP contribution in [-0.2, 0) is 4.79 Å². The molecule has 0 bridgehead atoms. The molecule has 0 radical (unpaired) electrons. The van der Waals surface area contributed by atoms with E-state index in [9.17, 15) is 4.79 Å². The Labute approximate surface area is 121 Å². The Hall–Kier alpha value is -1.55. The van der Waals surface area contributed by atoms with Crippen LogP contribution in [0.5, 0.6) is 5.75 Å². The number of amides is 1. The van der Waals surface area contributed by atoms with Crippen molar-refractivity contribution in [3.8, 4) is 5.75 Å². The molecule has 0 aromatic heterocycles. The SMILES string of the molecule is CCN1CCN(C(=O)[C@H](C)Oc2ccccc2C)CC1. The normalized spacial score (nSPS) is 17.9. The Bertz CT molecular complexity index is 454. The quantitative estimate of drug-likeness (QED) is 0.842. The molecule has 0 unspecified atom stereocenters. The zero-order valence-electron chi connectivity index (χ0n) is 12.6. The summed E-state index contributed by atoms with van der Waals surface area (Å²) in [5, 5.41) is 0. The van der Waals surface area contributed by atoms with E-state index >= 15 is 0 Å². The predicted molar refractivity (Wildman–Crippen MR) is 80.0 cm³/mol. The van der Waals surface area contributed by atoms with Gasteiger partial charge in [0.2, 0.25) is 0 Å². The third-order valence-electron chi connectivity index (χ3n) is 3.88. The van der Waals surface area contributed by atoms with Crippen LogP contribution in [0.2, 0.25) is 0 Å². The maximum atomic E-state index is 12.4. The lowest BCUT2D eigenvalue weighted by molar-refractivity contribution is -0.139. The zero-order chi connectivity index (χ0) is 14.5. The van der Waals surface area contributed by atoms with Gasteiger partial charge in [-0.25, -0.2) is 0 Å². The number of nitrogens with zero attached hydrogens (tertiary/aromatic N) is 2. The first-order valence-electron chi connectivity index (χ1n) is 7.35. The summed E-state index contributed by atoms with van der Waals surface area (Å²) in [7, 11) is 0. The number of benzene rings is 1. The molecule has 1 aliphatic rings. The fraction of sp³-hybridized carbons (Fsp3) is 0.562. The molecule has 110 valence electrons. The Kier molecular flexibility index (Phi) is 5.01. The van der Waals surface area contributed by atoms with E-state index in [-0.39, 0.29) is 5.91 Å². The maximum Gasteiger partial charge on any atom is 0.263 e. The van der Waals surface area contributed by atoms with Crippen molar-refractivity contribution in [3.05, 3.63) is 29.8 Å². The third-order valence-corrected chi connectivity index (χ3v) is 3.88. The fourth-order valence-electron chi connectivity index (χ4n) is 2.47. The molecular weight excluding hydrogens is 252 g/mol. The molecule has 1 saturated heterocycles. The first kappa shape index (κ1) is 14.9. The number of hydrogen-bond acceptors (Lipinski definition) is 3. The van der Waals surface area contributed by atoms with Crippen molar-refractivity contribution < 1.29 is 9.53 Å². The number of ether oxygens (including phenoxy) is 1. The van der Waals surface area contributed by atoms with Gasteiger partial charge in [0.05, 0.1) is 0 Å². The van der Waals surface area contributed by atoms with Crippen molar-refractivity contribution in [2.45, 2.75) is 26.9 Å². The standard InChI is InChI=1S/C16H24N2O2/c1-4-17-9-11-18(12-10-17)16(19)14(3)20-15-8-6-5-7-13(15)2/h5-8,14H,4,9-12H2,1-3H3/t14-/m0/s1. The van der Waals surface area contributed by atoms with Gasteiger partial charge < -0.3 is 14.5 Å². The second-order valence-electron chi connectivity index (χ2n) is 5.29. The summed E-state index contributed by atoms with van der Waals surface area (Å²) in [5.41, 5.74) is 1.06. The summed E-state index contributed by atoms with van der Waals surface area (Å²) in [4.78, 5) is 16.7. The summed E-state index contributed by atoms with van der Waals surface area (Å²) in [6.45, 7) is 10.5. The molecule has 1 atom stereocenters. The number of piperazine rings is 1. The van der Waals surface area contributed by atoms with Crippen LogP contribution in [0.4, 0.5) is 0 Å². The van der Waals surface area contributed by atoms with Crippen LogP contribution in [0.3, 0.4) is 0 Å². The van der Waals surface area contributed by atoms with Crippen LogP contribution >= 0.6 is 0 Å². The molecule has 1 amide bonds. The van der Waals surface area contributed by atoms with Gasteiger partial charge in [0.25, 0.3) is 5.91 Å². The van der Waals surface area contributed by atoms with Gasteiger partial charge in [-0.1, -0.05) is 25.1 Å². The molecule has 1 aliphatic heterocycles. The number of likely N-dealkylation sites (N-methyl/N-ethyl adjacent to an activating group) is 1. The average Bonchev–Trinajstić information content (AvgIpc) is 2.49. The fourth-order valence-corrected chi connectivity index (χ4v) is 2.47. The van der Waals surface area contributed by atoms with Crippen molar-refractivity contribution in [2.75, 3.05) is 32.7 Å². The zero-order valence-corrected chi connectivity index (χ0v) is 12.6. The number of para-hydroxylation sites is 1. The van der Waals surface area contributed by atoms with Crippen LogP contribution in [0, 0.1) is 6.92 Å². The number of carbonyl (C=O) groups excluding carboxylic acids is 1. The van der Waals surface area contributed by atoms with Gasteiger partial charge in [-0.15, -0.1) is 0 Å². The lowest BCUT2D eigenvalue weighted by Crippen LogP contribution is -2.51. The molecule has 1 aromatic rings. The molecule has 4 heteroatoms. The van der Waals surface area contributed by atoms with Crippen LogP contribution < -0.4 is 4.74 Å². The molecule has 1 fully saturated rings. The lowest BCUT2D eigenvalue weighted by Gasteiger charge is -2.35. The number of rotatable bonds is 4. The summed E-state index contributed by atoms with van der Waals surface area (Å²) >= 11 is 0. The molecule has 0 N–H and O–H groups in total. The van der Waals surface area contributed by atoms with E-state index in [1.165, 1.54) is 0 Å². The highest BCUT2D eigenvalue weighted by Gasteiger charge is 2.25. The first-order valence-corrected chi connectivity index (χ1v) is 7.35. The van der Waals surface area contributed by atoms with E-state index in [1.807, 2.05) is 43.0 Å². The molecule has 1 aromatic carbocycles. The van der Waals surface area contributed by atoms with E-state index in [0.29, 0.717) is 0 Å². The van der Waals surface area contributed by atoms with Crippen molar-refractivity contribution >= 4 is 5.91 Å². The molecule has 4 nitrogen and oxygen atoms in total.